The van der Waals surface area contributed by atoms with Gasteiger partial charge in [0, 0.05) is 55.9 Å². The lowest BCUT2D eigenvalue weighted by Crippen LogP contribution is -2.39. The maximum Gasteiger partial charge on any atom is 0.266 e. The van der Waals surface area contributed by atoms with Crippen molar-refractivity contribution in [2.45, 2.75) is 25.9 Å². The van der Waals surface area contributed by atoms with Gasteiger partial charge in [0.1, 0.15) is 0 Å². The maximum atomic E-state index is 12.3. The number of rotatable bonds is 6. The van der Waals surface area contributed by atoms with E-state index in [1.807, 2.05) is 24.4 Å². The van der Waals surface area contributed by atoms with Gasteiger partial charge in [-0.25, -0.2) is 4.68 Å². The highest BCUT2D eigenvalue weighted by Gasteiger charge is 2.20. The lowest BCUT2D eigenvalue weighted by molar-refractivity contribution is 0.165. The van der Waals surface area contributed by atoms with Gasteiger partial charge in [-0.3, -0.25) is 14.6 Å². The highest BCUT2D eigenvalue weighted by Crippen LogP contribution is 2.19. The summed E-state index contributed by atoms with van der Waals surface area (Å²) in [6, 6.07) is 12.4. The predicted octanol–water partition coefficient (Wildman–Crippen LogP) is 1.88. The summed E-state index contributed by atoms with van der Waals surface area (Å²) in [6.45, 7) is 4.17. The van der Waals surface area contributed by atoms with Crippen LogP contribution in [0.25, 0.3) is 11.3 Å². The van der Waals surface area contributed by atoms with Crippen LogP contribution < -0.4 is 11.1 Å². The summed E-state index contributed by atoms with van der Waals surface area (Å²) >= 11 is 0. The van der Waals surface area contributed by atoms with E-state index in [2.05, 4.69) is 15.0 Å². The second-order valence-electron chi connectivity index (χ2n) is 7.49. The molecule has 7 nitrogen and oxygen atoms in total. The van der Waals surface area contributed by atoms with Crippen LogP contribution in [0, 0.1) is 5.92 Å². The SMILES string of the molecule is O=c1ccccn1CCN1CCC(Cn2nc(-c3ccncc3)ccc2=O)CC1. The molecule has 0 unspecified atom stereocenters. The zero-order chi connectivity index (χ0) is 20.1. The van der Waals surface area contributed by atoms with E-state index in [-0.39, 0.29) is 11.1 Å². The largest absolute Gasteiger partial charge is 0.314 e. The Morgan fingerprint density at radius 2 is 1.69 bits per heavy atom. The number of likely N-dealkylation sites (tertiary alicyclic amines) is 1. The molecule has 150 valence electrons. The molecule has 0 radical (unpaired) electrons. The molecule has 4 heterocycles. The van der Waals surface area contributed by atoms with Crippen molar-refractivity contribution in [2.75, 3.05) is 19.6 Å². The van der Waals surface area contributed by atoms with E-state index in [0.29, 0.717) is 19.0 Å². The molecule has 7 heteroatoms. The average Bonchev–Trinajstić information content (AvgIpc) is 2.76. The van der Waals surface area contributed by atoms with Crippen LogP contribution in [0.15, 0.2) is 70.6 Å². The lowest BCUT2D eigenvalue weighted by Gasteiger charge is -2.32. The second-order valence-corrected chi connectivity index (χ2v) is 7.49. The van der Waals surface area contributed by atoms with Gasteiger partial charge in [0.15, 0.2) is 0 Å². The third-order valence-electron chi connectivity index (χ3n) is 5.54. The van der Waals surface area contributed by atoms with Gasteiger partial charge in [-0.05, 0) is 56.1 Å². The van der Waals surface area contributed by atoms with Crippen molar-refractivity contribution in [3.8, 4) is 11.3 Å². The van der Waals surface area contributed by atoms with Crippen LogP contribution in [0.5, 0.6) is 0 Å². The van der Waals surface area contributed by atoms with E-state index < -0.39 is 0 Å². The Morgan fingerprint density at radius 3 is 2.45 bits per heavy atom. The molecule has 0 amide bonds. The molecule has 3 aromatic rings. The van der Waals surface area contributed by atoms with Gasteiger partial charge in [-0.2, -0.15) is 5.10 Å². The maximum absolute atomic E-state index is 12.3. The molecule has 29 heavy (non-hydrogen) atoms. The summed E-state index contributed by atoms with van der Waals surface area (Å²) in [4.78, 5) is 30.5. The number of nitrogens with zero attached hydrogens (tertiary/aromatic N) is 5. The van der Waals surface area contributed by atoms with Crippen molar-refractivity contribution in [3.05, 3.63) is 81.8 Å². The first-order valence-corrected chi connectivity index (χ1v) is 10.1. The summed E-state index contributed by atoms with van der Waals surface area (Å²) in [7, 11) is 0. The van der Waals surface area contributed by atoms with Crippen molar-refractivity contribution in [1.29, 1.82) is 0 Å². The molecule has 0 spiro atoms. The molecular formula is C22H25N5O2. The Bertz CT molecular complexity index is 1050. The molecule has 3 aromatic heterocycles. The van der Waals surface area contributed by atoms with Crippen LogP contribution in [0.2, 0.25) is 0 Å². The van der Waals surface area contributed by atoms with Crippen molar-refractivity contribution in [2.24, 2.45) is 5.92 Å². The van der Waals surface area contributed by atoms with Crippen LogP contribution in [0.4, 0.5) is 0 Å². The van der Waals surface area contributed by atoms with E-state index in [1.54, 1.807) is 45.9 Å². The number of pyridine rings is 2. The van der Waals surface area contributed by atoms with Crippen LogP contribution >= 0.6 is 0 Å². The fourth-order valence-electron chi connectivity index (χ4n) is 3.79. The average molecular weight is 391 g/mol. The van der Waals surface area contributed by atoms with Crippen LogP contribution in [-0.2, 0) is 13.1 Å². The zero-order valence-electron chi connectivity index (χ0n) is 16.4. The van der Waals surface area contributed by atoms with E-state index in [4.69, 9.17) is 0 Å². The minimum Gasteiger partial charge on any atom is -0.314 e. The quantitative estimate of drug-likeness (QED) is 0.642. The van der Waals surface area contributed by atoms with E-state index in [1.165, 1.54) is 0 Å². The number of aromatic nitrogens is 4. The van der Waals surface area contributed by atoms with Gasteiger partial charge in [-0.15, -0.1) is 0 Å². The van der Waals surface area contributed by atoms with Crippen LogP contribution in [-0.4, -0.2) is 43.9 Å². The molecule has 1 aliphatic heterocycles. The Kier molecular flexibility index (Phi) is 5.95. The molecular weight excluding hydrogens is 366 g/mol. The van der Waals surface area contributed by atoms with Gasteiger partial charge in [0.05, 0.1) is 5.69 Å². The van der Waals surface area contributed by atoms with Crippen molar-refractivity contribution in [1.82, 2.24) is 24.2 Å². The van der Waals surface area contributed by atoms with Crippen molar-refractivity contribution < 1.29 is 0 Å². The van der Waals surface area contributed by atoms with E-state index in [9.17, 15) is 9.59 Å². The van der Waals surface area contributed by atoms with Crippen molar-refractivity contribution >= 4 is 0 Å². The lowest BCUT2D eigenvalue weighted by atomic mass is 9.97. The van der Waals surface area contributed by atoms with Gasteiger partial charge >= 0.3 is 0 Å². The number of piperidine rings is 1. The highest BCUT2D eigenvalue weighted by molar-refractivity contribution is 5.56. The Labute approximate surface area is 169 Å². The second kappa shape index (κ2) is 8.96. The third-order valence-corrected chi connectivity index (χ3v) is 5.54. The summed E-state index contributed by atoms with van der Waals surface area (Å²) in [5.41, 5.74) is 1.73. The summed E-state index contributed by atoms with van der Waals surface area (Å²) in [5.74, 6) is 0.434. The molecule has 1 fully saturated rings. The minimum atomic E-state index is -0.0614. The predicted molar refractivity (Wildman–Crippen MR) is 112 cm³/mol. The normalized spacial score (nSPS) is 15.4. The Morgan fingerprint density at radius 1 is 0.897 bits per heavy atom. The summed E-state index contributed by atoms with van der Waals surface area (Å²) in [6.07, 6.45) is 7.34. The first-order chi connectivity index (χ1) is 14.2. The molecule has 0 aromatic carbocycles. The standard InChI is InChI=1S/C22H25N5O2/c28-21-3-1-2-12-26(21)16-15-25-13-8-18(9-14-25)17-27-22(29)5-4-20(24-27)19-6-10-23-11-7-19/h1-7,10-12,18H,8-9,13-17H2. The van der Waals surface area contributed by atoms with Crippen LogP contribution in [0.3, 0.4) is 0 Å². The molecule has 0 N–H and O–H groups in total. The van der Waals surface area contributed by atoms with Gasteiger partial charge in [-0.1, -0.05) is 6.07 Å². The van der Waals surface area contributed by atoms with E-state index >= 15 is 0 Å². The van der Waals surface area contributed by atoms with E-state index in [0.717, 1.165) is 43.7 Å². The molecule has 1 aliphatic rings. The third kappa shape index (κ3) is 4.86. The smallest absolute Gasteiger partial charge is 0.266 e. The minimum absolute atomic E-state index is 0.0434. The van der Waals surface area contributed by atoms with Gasteiger partial charge in [0.25, 0.3) is 11.1 Å². The summed E-state index contributed by atoms with van der Waals surface area (Å²) in [5, 5.41) is 4.57. The number of hydrogen-bond acceptors (Lipinski definition) is 5. The van der Waals surface area contributed by atoms with Crippen molar-refractivity contribution in [3.63, 3.8) is 0 Å². The topological polar surface area (TPSA) is 73.0 Å². The molecule has 0 atom stereocenters. The molecule has 0 saturated carbocycles. The fraction of sp³-hybridized carbons (Fsp3) is 0.364. The first-order valence-electron chi connectivity index (χ1n) is 10.1. The summed E-state index contributed by atoms with van der Waals surface area (Å²) < 4.78 is 3.35. The molecule has 1 saturated heterocycles. The molecule has 0 bridgehead atoms. The fourth-order valence-corrected chi connectivity index (χ4v) is 3.79. The highest BCUT2D eigenvalue weighted by atomic mass is 16.1. The Hall–Kier alpha value is -3.06. The number of hydrogen-bond donors (Lipinski definition) is 0. The van der Waals surface area contributed by atoms with Gasteiger partial charge < -0.3 is 9.47 Å². The van der Waals surface area contributed by atoms with Gasteiger partial charge in [0.2, 0.25) is 0 Å². The zero-order valence-corrected chi connectivity index (χ0v) is 16.4. The molecule has 0 aliphatic carbocycles. The molecule has 4 rings (SSSR count). The monoisotopic (exact) mass is 391 g/mol. The first kappa shape index (κ1) is 19.3. The Balaban J connectivity index is 1.33. The van der Waals surface area contributed by atoms with Crippen LogP contribution in [0.1, 0.15) is 12.8 Å².